The minimum absolute atomic E-state index is 0.0984. The van der Waals surface area contributed by atoms with E-state index in [1.807, 2.05) is 38.1 Å². The summed E-state index contributed by atoms with van der Waals surface area (Å²) in [5, 5.41) is 10.1. The van der Waals surface area contributed by atoms with Crippen LogP contribution in [0.2, 0.25) is 0 Å². The molecule has 0 fully saturated rings. The van der Waals surface area contributed by atoms with Crippen LogP contribution in [-0.4, -0.2) is 38.1 Å². The fourth-order valence-corrected chi connectivity index (χ4v) is 1.50. The van der Waals surface area contributed by atoms with Crippen molar-refractivity contribution < 1.29 is 19.3 Å². The molecule has 0 aliphatic heterocycles. The molecule has 102 valence electrons. The smallest absolute Gasteiger partial charge is 0.125 e. The van der Waals surface area contributed by atoms with Crippen molar-refractivity contribution in [1.29, 1.82) is 0 Å². The van der Waals surface area contributed by atoms with Crippen molar-refractivity contribution in [3.05, 3.63) is 29.8 Å². The highest BCUT2D eigenvalue weighted by atomic mass is 16.5. The van der Waals surface area contributed by atoms with E-state index >= 15 is 0 Å². The molecule has 0 radical (unpaired) electrons. The van der Waals surface area contributed by atoms with Crippen LogP contribution in [0.4, 0.5) is 0 Å². The van der Waals surface area contributed by atoms with E-state index in [9.17, 15) is 5.11 Å². The number of aliphatic hydroxyl groups is 1. The Kier molecular flexibility index (Phi) is 6.72. The van der Waals surface area contributed by atoms with Crippen molar-refractivity contribution in [3.8, 4) is 5.75 Å². The molecule has 1 unspecified atom stereocenters. The monoisotopic (exact) mass is 254 g/mol. The van der Waals surface area contributed by atoms with E-state index in [4.69, 9.17) is 14.2 Å². The zero-order valence-electron chi connectivity index (χ0n) is 11.3. The van der Waals surface area contributed by atoms with Gasteiger partial charge in [0.15, 0.2) is 0 Å². The maximum atomic E-state index is 10.1. The van der Waals surface area contributed by atoms with Crippen LogP contribution in [0.25, 0.3) is 0 Å². The molecule has 0 aliphatic carbocycles. The molecule has 0 aromatic heterocycles. The lowest BCUT2D eigenvalue weighted by molar-refractivity contribution is 0.00367. The van der Waals surface area contributed by atoms with Gasteiger partial charge in [-0.1, -0.05) is 18.2 Å². The summed E-state index contributed by atoms with van der Waals surface area (Å²) in [6.45, 7) is 5.13. The first-order chi connectivity index (χ1) is 8.65. The van der Waals surface area contributed by atoms with Gasteiger partial charge in [-0.05, 0) is 19.9 Å². The van der Waals surface area contributed by atoms with Crippen molar-refractivity contribution in [2.75, 3.05) is 26.9 Å². The third-order valence-electron chi connectivity index (χ3n) is 2.41. The highest BCUT2D eigenvalue weighted by molar-refractivity contribution is 5.35. The fourth-order valence-electron chi connectivity index (χ4n) is 1.50. The van der Waals surface area contributed by atoms with Gasteiger partial charge in [0.25, 0.3) is 0 Å². The lowest BCUT2D eigenvalue weighted by Gasteiger charge is -2.17. The van der Waals surface area contributed by atoms with E-state index in [1.165, 1.54) is 0 Å². The van der Waals surface area contributed by atoms with Gasteiger partial charge in [-0.25, -0.2) is 0 Å². The molecular formula is C14H22O4. The summed E-state index contributed by atoms with van der Waals surface area (Å²) in [6.07, 6.45) is -0.577. The average molecular weight is 254 g/mol. The maximum absolute atomic E-state index is 10.1. The Morgan fingerprint density at radius 3 is 2.56 bits per heavy atom. The lowest BCUT2D eigenvalue weighted by atomic mass is 10.1. The molecule has 0 spiro atoms. The number of hydrogen-bond donors (Lipinski definition) is 1. The van der Waals surface area contributed by atoms with E-state index in [0.717, 1.165) is 5.56 Å². The van der Waals surface area contributed by atoms with Crippen molar-refractivity contribution >= 4 is 0 Å². The SMILES string of the molecule is COCCOc1ccccc1C(O)COC(C)C. The summed E-state index contributed by atoms with van der Waals surface area (Å²) < 4.78 is 15.9. The number of ether oxygens (including phenoxy) is 3. The number of aliphatic hydroxyl groups excluding tert-OH is 1. The first-order valence-electron chi connectivity index (χ1n) is 6.15. The van der Waals surface area contributed by atoms with Crippen LogP contribution in [0.1, 0.15) is 25.5 Å². The first-order valence-corrected chi connectivity index (χ1v) is 6.15. The molecule has 1 aromatic rings. The molecule has 1 aromatic carbocycles. The molecule has 0 amide bonds. The fraction of sp³-hybridized carbons (Fsp3) is 0.571. The molecule has 4 heteroatoms. The number of methoxy groups -OCH3 is 1. The van der Waals surface area contributed by atoms with Crippen LogP contribution in [0.5, 0.6) is 5.75 Å². The van der Waals surface area contributed by atoms with E-state index < -0.39 is 6.10 Å². The zero-order chi connectivity index (χ0) is 13.4. The minimum atomic E-state index is -0.675. The number of benzene rings is 1. The predicted molar refractivity (Wildman–Crippen MR) is 69.9 cm³/mol. The quantitative estimate of drug-likeness (QED) is 0.722. The van der Waals surface area contributed by atoms with Crippen molar-refractivity contribution in [3.63, 3.8) is 0 Å². The minimum Gasteiger partial charge on any atom is -0.491 e. The van der Waals surface area contributed by atoms with Crippen LogP contribution >= 0.6 is 0 Å². The topological polar surface area (TPSA) is 47.9 Å². The van der Waals surface area contributed by atoms with Gasteiger partial charge in [-0.2, -0.15) is 0 Å². The Balaban J connectivity index is 2.62. The van der Waals surface area contributed by atoms with Crippen LogP contribution in [0.15, 0.2) is 24.3 Å². The van der Waals surface area contributed by atoms with Gasteiger partial charge >= 0.3 is 0 Å². The second-order valence-electron chi connectivity index (χ2n) is 4.28. The van der Waals surface area contributed by atoms with Gasteiger partial charge in [-0.3, -0.25) is 0 Å². The summed E-state index contributed by atoms with van der Waals surface area (Å²) in [5.41, 5.74) is 0.745. The normalized spacial score (nSPS) is 12.7. The Morgan fingerprint density at radius 2 is 1.89 bits per heavy atom. The van der Waals surface area contributed by atoms with Gasteiger partial charge in [0.1, 0.15) is 18.5 Å². The number of hydrogen-bond acceptors (Lipinski definition) is 4. The molecule has 18 heavy (non-hydrogen) atoms. The summed E-state index contributed by atoms with van der Waals surface area (Å²) >= 11 is 0. The van der Waals surface area contributed by atoms with E-state index in [0.29, 0.717) is 19.0 Å². The molecular weight excluding hydrogens is 232 g/mol. The van der Waals surface area contributed by atoms with E-state index in [1.54, 1.807) is 7.11 Å². The molecule has 1 rings (SSSR count). The zero-order valence-corrected chi connectivity index (χ0v) is 11.3. The first kappa shape index (κ1) is 15.0. The third kappa shape index (κ3) is 5.04. The summed E-state index contributed by atoms with van der Waals surface area (Å²) in [7, 11) is 1.63. The molecule has 1 N–H and O–H groups in total. The Morgan fingerprint density at radius 1 is 1.17 bits per heavy atom. The molecule has 0 saturated carbocycles. The predicted octanol–water partition coefficient (Wildman–Crippen LogP) is 2.17. The van der Waals surface area contributed by atoms with Crippen molar-refractivity contribution in [2.45, 2.75) is 26.1 Å². The average Bonchev–Trinajstić information content (AvgIpc) is 2.37. The van der Waals surface area contributed by atoms with Gasteiger partial charge < -0.3 is 19.3 Å². The number of para-hydroxylation sites is 1. The Labute approximate surface area is 108 Å². The van der Waals surface area contributed by atoms with Crippen LogP contribution in [0, 0.1) is 0 Å². The van der Waals surface area contributed by atoms with Crippen molar-refractivity contribution in [1.82, 2.24) is 0 Å². The standard InChI is InChI=1S/C14H22O4/c1-11(2)18-10-13(15)12-6-4-5-7-14(12)17-9-8-16-3/h4-7,11,13,15H,8-10H2,1-3H3. The lowest BCUT2D eigenvalue weighted by Crippen LogP contribution is -2.14. The Bertz CT molecular complexity index is 338. The molecule has 4 nitrogen and oxygen atoms in total. The molecule has 0 aliphatic rings. The van der Waals surface area contributed by atoms with Crippen LogP contribution in [0.3, 0.4) is 0 Å². The van der Waals surface area contributed by atoms with E-state index in [2.05, 4.69) is 0 Å². The van der Waals surface area contributed by atoms with Crippen molar-refractivity contribution in [2.24, 2.45) is 0 Å². The molecule has 0 heterocycles. The van der Waals surface area contributed by atoms with Gasteiger partial charge in [-0.15, -0.1) is 0 Å². The second kappa shape index (κ2) is 8.08. The summed E-state index contributed by atoms with van der Waals surface area (Å²) in [6, 6.07) is 7.43. The highest BCUT2D eigenvalue weighted by Crippen LogP contribution is 2.25. The van der Waals surface area contributed by atoms with Gasteiger partial charge in [0.2, 0.25) is 0 Å². The van der Waals surface area contributed by atoms with E-state index in [-0.39, 0.29) is 12.7 Å². The van der Waals surface area contributed by atoms with Crippen LogP contribution in [-0.2, 0) is 9.47 Å². The Hall–Kier alpha value is -1.10. The largest absolute Gasteiger partial charge is 0.491 e. The van der Waals surface area contributed by atoms with Gasteiger partial charge in [0.05, 0.1) is 19.3 Å². The maximum Gasteiger partial charge on any atom is 0.125 e. The molecule has 1 atom stereocenters. The second-order valence-corrected chi connectivity index (χ2v) is 4.28. The van der Waals surface area contributed by atoms with Crippen LogP contribution < -0.4 is 4.74 Å². The molecule has 0 bridgehead atoms. The summed E-state index contributed by atoms with van der Waals surface area (Å²) in [4.78, 5) is 0. The van der Waals surface area contributed by atoms with Gasteiger partial charge in [0, 0.05) is 12.7 Å². The summed E-state index contributed by atoms with van der Waals surface area (Å²) in [5.74, 6) is 0.675. The molecule has 0 saturated heterocycles. The highest BCUT2D eigenvalue weighted by Gasteiger charge is 2.13. The number of rotatable bonds is 8. The third-order valence-corrected chi connectivity index (χ3v) is 2.41.